The number of rotatable bonds is 7. The van der Waals surface area contributed by atoms with Crippen LogP contribution >= 0.6 is 0 Å². The van der Waals surface area contributed by atoms with Crippen LogP contribution in [-0.2, 0) is 13.1 Å². The van der Waals surface area contributed by atoms with Crippen molar-refractivity contribution in [2.24, 2.45) is 4.99 Å². The standard InChI is InChI=1S/C20H27N3O3/c1-14-8-6-7-9-15(14)12-22-20(21-2)23-13-16-10-18(25-4)19(26-5)11-17(16)24-3/h6-11H,12-13H2,1-5H3,(H2,21,22,23). The average molecular weight is 357 g/mol. The molecular weight excluding hydrogens is 330 g/mol. The van der Waals surface area contributed by atoms with Crippen LogP contribution in [0.2, 0.25) is 0 Å². The molecule has 2 N–H and O–H groups in total. The van der Waals surface area contributed by atoms with Gasteiger partial charge in [0.05, 0.1) is 21.3 Å². The van der Waals surface area contributed by atoms with E-state index in [-0.39, 0.29) is 0 Å². The molecule has 0 saturated carbocycles. The fraction of sp³-hybridized carbons (Fsp3) is 0.350. The Bertz CT molecular complexity index is 760. The van der Waals surface area contributed by atoms with E-state index in [0.29, 0.717) is 30.5 Å². The number of methoxy groups -OCH3 is 3. The van der Waals surface area contributed by atoms with Gasteiger partial charge in [-0.15, -0.1) is 0 Å². The molecule has 2 rings (SSSR count). The van der Waals surface area contributed by atoms with Crippen molar-refractivity contribution in [3.63, 3.8) is 0 Å². The number of aryl methyl sites for hydroxylation is 1. The lowest BCUT2D eigenvalue weighted by Crippen LogP contribution is -2.36. The third-order valence-electron chi connectivity index (χ3n) is 4.16. The number of guanidine groups is 1. The SMILES string of the molecule is CN=C(NCc1ccccc1C)NCc1cc(OC)c(OC)cc1OC. The van der Waals surface area contributed by atoms with Crippen molar-refractivity contribution >= 4 is 5.96 Å². The molecule has 2 aromatic rings. The molecule has 6 nitrogen and oxygen atoms in total. The van der Waals surface area contributed by atoms with E-state index in [2.05, 4.69) is 34.7 Å². The smallest absolute Gasteiger partial charge is 0.191 e. The van der Waals surface area contributed by atoms with Gasteiger partial charge in [-0.05, 0) is 24.1 Å². The Morgan fingerprint density at radius 3 is 2.00 bits per heavy atom. The number of hydrogen-bond acceptors (Lipinski definition) is 4. The molecule has 0 aliphatic carbocycles. The van der Waals surface area contributed by atoms with Crippen LogP contribution in [0.25, 0.3) is 0 Å². The van der Waals surface area contributed by atoms with Crippen LogP contribution in [0, 0.1) is 6.92 Å². The van der Waals surface area contributed by atoms with Crippen molar-refractivity contribution in [2.75, 3.05) is 28.4 Å². The van der Waals surface area contributed by atoms with Gasteiger partial charge in [0.15, 0.2) is 17.5 Å². The molecule has 0 amide bonds. The highest BCUT2D eigenvalue weighted by Crippen LogP contribution is 2.34. The summed E-state index contributed by atoms with van der Waals surface area (Å²) in [5.41, 5.74) is 3.43. The van der Waals surface area contributed by atoms with Crippen molar-refractivity contribution in [3.05, 3.63) is 53.1 Å². The van der Waals surface area contributed by atoms with Gasteiger partial charge >= 0.3 is 0 Å². The van der Waals surface area contributed by atoms with Crippen LogP contribution in [0.3, 0.4) is 0 Å². The zero-order chi connectivity index (χ0) is 18.9. The number of benzene rings is 2. The number of hydrogen-bond donors (Lipinski definition) is 2. The minimum absolute atomic E-state index is 0.539. The van der Waals surface area contributed by atoms with E-state index in [1.165, 1.54) is 11.1 Å². The van der Waals surface area contributed by atoms with Crippen LogP contribution in [0.15, 0.2) is 41.4 Å². The largest absolute Gasteiger partial charge is 0.496 e. The molecule has 0 radical (unpaired) electrons. The second-order valence-electron chi connectivity index (χ2n) is 5.72. The second-order valence-corrected chi connectivity index (χ2v) is 5.72. The maximum atomic E-state index is 5.46. The van der Waals surface area contributed by atoms with Crippen LogP contribution < -0.4 is 24.8 Å². The minimum atomic E-state index is 0.539. The summed E-state index contributed by atoms with van der Waals surface area (Å²) in [6.45, 7) is 3.34. The first-order valence-electron chi connectivity index (χ1n) is 8.40. The molecule has 0 saturated heterocycles. The lowest BCUT2D eigenvalue weighted by molar-refractivity contribution is 0.347. The van der Waals surface area contributed by atoms with Gasteiger partial charge in [0.2, 0.25) is 0 Å². The van der Waals surface area contributed by atoms with E-state index in [1.54, 1.807) is 28.4 Å². The number of nitrogens with one attached hydrogen (secondary N) is 2. The van der Waals surface area contributed by atoms with Gasteiger partial charge in [-0.3, -0.25) is 4.99 Å². The molecule has 6 heteroatoms. The summed E-state index contributed by atoms with van der Waals surface area (Å²) in [4.78, 5) is 4.28. The minimum Gasteiger partial charge on any atom is -0.496 e. The highest BCUT2D eigenvalue weighted by Gasteiger charge is 2.12. The summed E-state index contributed by atoms with van der Waals surface area (Å²) in [7, 11) is 6.60. The maximum Gasteiger partial charge on any atom is 0.191 e. The Hall–Kier alpha value is -2.89. The Kier molecular flexibility index (Phi) is 7.14. The summed E-state index contributed by atoms with van der Waals surface area (Å²) in [6.07, 6.45) is 0. The number of ether oxygens (including phenoxy) is 3. The molecular formula is C20H27N3O3. The lowest BCUT2D eigenvalue weighted by Gasteiger charge is -2.16. The molecule has 0 spiro atoms. The van der Waals surface area contributed by atoms with E-state index in [0.717, 1.165) is 11.3 Å². The van der Waals surface area contributed by atoms with Crippen LogP contribution in [-0.4, -0.2) is 34.3 Å². The van der Waals surface area contributed by atoms with E-state index >= 15 is 0 Å². The normalized spacial score (nSPS) is 11.0. The van der Waals surface area contributed by atoms with Crippen molar-refractivity contribution in [1.29, 1.82) is 0 Å². The topological polar surface area (TPSA) is 64.1 Å². The lowest BCUT2D eigenvalue weighted by atomic mass is 10.1. The van der Waals surface area contributed by atoms with Gasteiger partial charge in [-0.1, -0.05) is 24.3 Å². The molecule has 140 valence electrons. The summed E-state index contributed by atoms with van der Waals surface area (Å²) < 4.78 is 16.2. The Morgan fingerprint density at radius 2 is 1.42 bits per heavy atom. The predicted molar refractivity (Wildman–Crippen MR) is 104 cm³/mol. The average Bonchev–Trinajstić information content (AvgIpc) is 2.68. The summed E-state index contributed by atoms with van der Waals surface area (Å²) in [6, 6.07) is 12.0. The fourth-order valence-electron chi connectivity index (χ4n) is 2.62. The molecule has 0 atom stereocenters. The van der Waals surface area contributed by atoms with E-state index in [9.17, 15) is 0 Å². The van der Waals surface area contributed by atoms with E-state index in [4.69, 9.17) is 14.2 Å². The molecule has 26 heavy (non-hydrogen) atoms. The predicted octanol–water partition coefficient (Wildman–Crippen LogP) is 2.89. The van der Waals surface area contributed by atoms with Crippen LogP contribution in [0.4, 0.5) is 0 Å². The maximum absolute atomic E-state index is 5.46. The quantitative estimate of drug-likeness (QED) is 0.589. The van der Waals surface area contributed by atoms with Gasteiger partial charge in [0.25, 0.3) is 0 Å². The van der Waals surface area contributed by atoms with Crippen LogP contribution in [0.1, 0.15) is 16.7 Å². The van der Waals surface area contributed by atoms with Crippen molar-refractivity contribution < 1.29 is 14.2 Å². The molecule has 0 aliphatic heterocycles. The molecule has 0 heterocycles. The summed E-state index contributed by atoms with van der Waals surface area (Å²) in [5, 5.41) is 6.63. The molecule has 0 aromatic heterocycles. The van der Waals surface area contributed by atoms with Crippen molar-refractivity contribution in [1.82, 2.24) is 10.6 Å². The third-order valence-corrected chi connectivity index (χ3v) is 4.16. The fourth-order valence-corrected chi connectivity index (χ4v) is 2.62. The Morgan fingerprint density at radius 1 is 0.846 bits per heavy atom. The molecule has 2 aromatic carbocycles. The highest BCUT2D eigenvalue weighted by atomic mass is 16.5. The Labute approximate surface area is 155 Å². The number of nitrogens with zero attached hydrogens (tertiary/aromatic N) is 1. The first-order valence-corrected chi connectivity index (χ1v) is 8.40. The highest BCUT2D eigenvalue weighted by molar-refractivity contribution is 5.79. The van der Waals surface area contributed by atoms with Crippen molar-refractivity contribution in [3.8, 4) is 17.2 Å². The van der Waals surface area contributed by atoms with Crippen LogP contribution in [0.5, 0.6) is 17.2 Å². The molecule has 0 aliphatic rings. The third kappa shape index (κ3) is 4.81. The van der Waals surface area contributed by atoms with Gasteiger partial charge < -0.3 is 24.8 Å². The molecule has 0 fully saturated rings. The van der Waals surface area contributed by atoms with Gasteiger partial charge in [0, 0.05) is 31.8 Å². The van der Waals surface area contributed by atoms with E-state index in [1.807, 2.05) is 24.3 Å². The number of aliphatic imine (C=N–C) groups is 1. The summed E-state index contributed by atoms with van der Waals surface area (Å²) >= 11 is 0. The zero-order valence-corrected chi connectivity index (χ0v) is 16.1. The Balaban J connectivity index is 2.05. The summed E-state index contributed by atoms with van der Waals surface area (Å²) in [5.74, 6) is 2.73. The van der Waals surface area contributed by atoms with Gasteiger partial charge in [-0.25, -0.2) is 0 Å². The molecule has 0 bridgehead atoms. The van der Waals surface area contributed by atoms with Crippen molar-refractivity contribution in [2.45, 2.75) is 20.0 Å². The van der Waals surface area contributed by atoms with Gasteiger partial charge in [0.1, 0.15) is 5.75 Å². The monoisotopic (exact) mass is 357 g/mol. The van der Waals surface area contributed by atoms with Gasteiger partial charge in [-0.2, -0.15) is 0 Å². The zero-order valence-electron chi connectivity index (χ0n) is 16.1. The second kappa shape index (κ2) is 9.56. The molecule has 0 unspecified atom stereocenters. The van der Waals surface area contributed by atoms with E-state index < -0.39 is 0 Å². The first-order chi connectivity index (χ1) is 12.6. The first kappa shape index (κ1) is 19.4.